The minimum absolute atomic E-state index is 0.0565. The highest BCUT2D eigenvalue weighted by atomic mass is 79.9. The second kappa shape index (κ2) is 12.7. The average molecular weight is 546 g/mol. The highest BCUT2D eigenvalue weighted by Gasteiger charge is 2.26. The van der Waals surface area contributed by atoms with Crippen LogP contribution in [0.5, 0.6) is 0 Å². The highest BCUT2D eigenvalue weighted by molar-refractivity contribution is 9.10. The summed E-state index contributed by atoms with van der Waals surface area (Å²) in [5.41, 5.74) is 1.89. The molecule has 168 valence electrons. The zero-order valence-corrected chi connectivity index (χ0v) is 21.7. The van der Waals surface area contributed by atoms with Crippen LogP contribution in [-0.2, 0) is 21.9 Å². The topological polar surface area (TPSA) is 49.4 Å². The lowest BCUT2D eigenvalue weighted by Crippen LogP contribution is -2.50. The lowest BCUT2D eigenvalue weighted by Gasteiger charge is -2.29. The van der Waals surface area contributed by atoms with Crippen LogP contribution in [-0.4, -0.2) is 34.6 Å². The third-order valence-corrected chi connectivity index (χ3v) is 7.01. The van der Waals surface area contributed by atoms with Gasteiger partial charge in [0.05, 0.1) is 5.75 Å². The molecule has 4 nitrogen and oxygen atoms in total. The van der Waals surface area contributed by atoms with E-state index in [0.717, 1.165) is 22.0 Å². The normalized spacial score (nSPS) is 12.8. The van der Waals surface area contributed by atoms with Gasteiger partial charge in [0.15, 0.2) is 0 Å². The van der Waals surface area contributed by atoms with E-state index in [1.807, 2.05) is 44.2 Å². The lowest BCUT2D eigenvalue weighted by atomic mass is 10.1. The predicted octanol–water partition coefficient (Wildman–Crippen LogP) is 6.32. The van der Waals surface area contributed by atoms with Gasteiger partial charge in [0.2, 0.25) is 11.8 Å². The van der Waals surface area contributed by atoms with Gasteiger partial charge in [0.25, 0.3) is 0 Å². The molecule has 2 aromatic carbocycles. The highest BCUT2D eigenvalue weighted by Crippen LogP contribution is 2.25. The molecule has 0 aromatic heterocycles. The van der Waals surface area contributed by atoms with Crippen LogP contribution in [0.25, 0.3) is 0 Å². The Morgan fingerprint density at radius 2 is 1.81 bits per heavy atom. The molecule has 0 fully saturated rings. The van der Waals surface area contributed by atoms with Gasteiger partial charge in [-0.05, 0) is 55.7 Å². The quantitative estimate of drug-likeness (QED) is 0.380. The van der Waals surface area contributed by atoms with Crippen molar-refractivity contribution in [3.63, 3.8) is 0 Å². The van der Waals surface area contributed by atoms with Gasteiger partial charge >= 0.3 is 0 Å². The van der Waals surface area contributed by atoms with E-state index in [1.165, 1.54) is 11.8 Å². The van der Waals surface area contributed by atoms with Crippen LogP contribution >= 0.6 is 50.9 Å². The van der Waals surface area contributed by atoms with Crippen molar-refractivity contribution in [3.05, 3.63) is 68.1 Å². The van der Waals surface area contributed by atoms with Crippen molar-refractivity contribution in [2.24, 2.45) is 0 Å². The van der Waals surface area contributed by atoms with E-state index in [1.54, 1.807) is 24.0 Å². The number of amides is 2. The van der Waals surface area contributed by atoms with Crippen molar-refractivity contribution >= 4 is 62.7 Å². The van der Waals surface area contributed by atoms with Gasteiger partial charge in [-0.3, -0.25) is 9.59 Å². The molecule has 2 atom stereocenters. The van der Waals surface area contributed by atoms with Crippen LogP contribution in [0, 0.1) is 0 Å². The monoisotopic (exact) mass is 544 g/mol. The van der Waals surface area contributed by atoms with E-state index < -0.39 is 6.04 Å². The van der Waals surface area contributed by atoms with Crippen molar-refractivity contribution in [2.75, 3.05) is 5.75 Å². The first-order valence-electron chi connectivity index (χ1n) is 10.1. The van der Waals surface area contributed by atoms with E-state index in [0.29, 0.717) is 22.3 Å². The van der Waals surface area contributed by atoms with E-state index in [9.17, 15) is 9.59 Å². The Hall–Kier alpha value is -1.21. The van der Waals surface area contributed by atoms with Gasteiger partial charge in [-0.2, -0.15) is 0 Å². The summed E-state index contributed by atoms with van der Waals surface area (Å²) >= 11 is 17.1. The van der Waals surface area contributed by atoms with Gasteiger partial charge in [-0.25, -0.2) is 0 Å². The van der Waals surface area contributed by atoms with Crippen LogP contribution in [0.15, 0.2) is 46.9 Å². The Balaban J connectivity index is 2.08. The van der Waals surface area contributed by atoms with E-state index in [4.69, 9.17) is 23.2 Å². The van der Waals surface area contributed by atoms with E-state index >= 15 is 0 Å². The fourth-order valence-corrected chi connectivity index (χ4v) is 4.54. The number of benzene rings is 2. The zero-order chi connectivity index (χ0) is 23.0. The number of halogens is 3. The largest absolute Gasteiger partial charge is 0.352 e. The number of hydrogen-bond acceptors (Lipinski definition) is 3. The fraction of sp³-hybridized carbons (Fsp3) is 0.391. The first-order chi connectivity index (χ1) is 14.7. The Morgan fingerprint density at radius 3 is 2.42 bits per heavy atom. The molecule has 0 saturated carbocycles. The van der Waals surface area contributed by atoms with Crippen LogP contribution in [0.1, 0.15) is 38.3 Å². The number of rotatable bonds is 10. The lowest BCUT2D eigenvalue weighted by molar-refractivity contribution is -0.138. The number of nitrogens with zero attached hydrogens (tertiary/aromatic N) is 1. The molecule has 0 aliphatic heterocycles. The maximum absolute atomic E-state index is 13.1. The molecule has 0 spiro atoms. The van der Waals surface area contributed by atoms with Crippen molar-refractivity contribution in [1.29, 1.82) is 0 Å². The summed E-state index contributed by atoms with van der Waals surface area (Å²) in [6.07, 6.45) is 0.830. The van der Waals surface area contributed by atoms with Gasteiger partial charge in [0, 0.05) is 32.9 Å². The summed E-state index contributed by atoms with van der Waals surface area (Å²) < 4.78 is 0.965. The Bertz CT molecular complexity index is 896. The number of hydrogen-bond donors (Lipinski definition) is 1. The molecule has 31 heavy (non-hydrogen) atoms. The van der Waals surface area contributed by atoms with Crippen LogP contribution in [0.4, 0.5) is 0 Å². The number of carbonyl (C=O) groups excluding carboxylic acids is 2. The molecule has 0 saturated heterocycles. The van der Waals surface area contributed by atoms with Crippen LogP contribution in [0.3, 0.4) is 0 Å². The smallest absolute Gasteiger partial charge is 0.242 e. The van der Waals surface area contributed by atoms with Crippen LogP contribution in [0.2, 0.25) is 10.0 Å². The minimum atomic E-state index is -0.579. The maximum atomic E-state index is 13.1. The zero-order valence-electron chi connectivity index (χ0n) is 17.8. The summed E-state index contributed by atoms with van der Waals surface area (Å²) in [6.45, 7) is 6.11. The molecule has 8 heteroatoms. The van der Waals surface area contributed by atoms with Gasteiger partial charge in [0.1, 0.15) is 6.04 Å². The predicted molar refractivity (Wildman–Crippen MR) is 135 cm³/mol. The maximum Gasteiger partial charge on any atom is 0.242 e. The van der Waals surface area contributed by atoms with Gasteiger partial charge < -0.3 is 10.2 Å². The molecule has 0 aliphatic rings. The molecule has 2 aromatic rings. The first kappa shape index (κ1) is 26.0. The Labute approximate surface area is 207 Å². The third-order valence-electron chi connectivity index (χ3n) is 4.93. The number of carbonyl (C=O) groups is 2. The molecule has 0 unspecified atom stereocenters. The van der Waals surface area contributed by atoms with Crippen molar-refractivity contribution in [1.82, 2.24) is 10.2 Å². The number of nitrogens with one attached hydrogen (secondary N) is 1. The summed E-state index contributed by atoms with van der Waals surface area (Å²) in [5.74, 6) is 0.591. The summed E-state index contributed by atoms with van der Waals surface area (Å²) in [7, 11) is 0. The number of thioether (sulfide) groups is 1. The second-order valence-corrected chi connectivity index (χ2v) is 10.1. The van der Waals surface area contributed by atoms with Gasteiger partial charge in [-0.1, -0.05) is 64.3 Å². The Morgan fingerprint density at radius 1 is 1.13 bits per heavy atom. The average Bonchev–Trinajstić information content (AvgIpc) is 2.74. The molecule has 0 bridgehead atoms. The standard InChI is InChI=1S/C23H27BrCl2N2O2S/c1-4-15(2)27-23(30)16(3)28(12-17-5-8-19(24)9-6-17)22(29)14-31-13-18-7-10-20(25)11-21(18)26/h5-11,15-16H,4,12-14H2,1-3H3,(H,27,30)/t15-,16+/m1/s1. The summed E-state index contributed by atoms with van der Waals surface area (Å²) in [4.78, 5) is 27.5. The first-order valence-corrected chi connectivity index (χ1v) is 12.8. The third kappa shape index (κ3) is 8.33. The Kier molecular flexibility index (Phi) is 10.7. The molecule has 1 N–H and O–H groups in total. The van der Waals surface area contributed by atoms with Crippen LogP contribution < -0.4 is 5.32 Å². The second-order valence-electron chi connectivity index (χ2n) is 7.37. The molecular formula is C23H27BrCl2N2O2S. The van der Waals surface area contributed by atoms with E-state index in [-0.39, 0.29) is 23.6 Å². The van der Waals surface area contributed by atoms with Crippen molar-refractivity contribution < 1.29 is 9.59 Å². The molecular weight excluding hydrogens is 519 g/mol. The minimum Gasteiger partial charge on any atom is -0.352 e. The van der Waals surface area contributed by atoms with Crippen molar-refractivity contribution in [3.8, 4) is 0 Å². The summed E-state index contributed by atoms with van der Waals surface area (Å²) in [6, 6.07) is 12.6. The SMILES string of the molecule is CC[C@@H](C)NC(=O)[C@H](C)N(Cc1ccc(Br)cc1)C(=O)CSCc1ccc(Cl)cc1Cl. The molecule has 0 aliphatic carbocycles. The fourth-order valence-electron chi connectivity index (χ4n) is 2.80. The molecule has 2 rings (SSSR count). The molecule has 0 heterocycles. The van der Waals surface area contributed by atoms with E-state index in [2.05, 4.69) is 21.2 Å². The summed E-state index contributed by atoms with van der Waals surface area (Å²) in [5, 5.41) is 4.14. The van der Waals surface area contributed by atoms with Crippen molar-refractivity contribution in [2.45, 2.75) is 51.6 Å². The molecule has 0 radical (unpaired) electrons. The molecule has 2 amide bonds. The van der Waals surface area contributed by atoms with Gasteiger partial charge in [-0.15, -0.1) is 11.8 Å².